The number of carboxylic acids is 1. The van der Waals surface area contributed by atoms with Gasteiger partial charge in [-0.3, -0.25) is 14.4 Å². The summed E-state index contributed by atoms with van der Waals surface area (Å²) in [5.74, 6) is -0.879. The van der Waals surface area contributed by atoms with E-state index < -0.39 is 5.97 Å². The Morgan fingerprint density at radius 2 is 1.79 bits per heavy atom. The van der Waals surface area contributed by atoms with Gasteiger partial charge in [0.05, 0.1) is 6.42 Å². The number of carbonyl (C=O) groups excluding carboxylic acids is 2. The Bertz CT molecular complexity index is 1160. The molecule has 1 unspecified atom stereocenters. The summed E-state index contributed by atoms with van der Waals surface area (Å²) in [5.41, 5.74) is 3.20. The quantitative estimate of drug-likeness (QED) is 0.473. The van der Waals surface area contributed by atoms with Crippen molar-refractivity contribution in [3.63, 3.8) is 0 Å². The van der Waals surface area contributed by atoms with Crippen LogP contribution in [0.4, 0.5) is 17.2 Å². The number of anilines is 3. The zero-order valence-corrected chi connectivity index (χ0v) is 18.6. The summed E-state index contributed by atoms with van der Waals surface area (Å²) >= 11 is 0. The molecule has 2 heterocycles. The fourth-order valence-corrected chi connectivity index (χ4v) is 4.09. The molecule has 0 fully saturated rings. The molecule has 4 rings (SSSR count). The van der Waals surface area contributed by atoms with Crippen molar-refractivity contribution in [1.82, 2.24) is 10.3 Å². The van der Waals surface area contributed by atoms with Gasteiger partial charge in [0.15, 0.2) is 0 Å². The average molecular weight is 459 g/mol. The third-order valence-corrected chi connectivity index (χ3v) is 5.78. The first-order chi connectivity index (χ1) is 16.5. The number of fused-ring (bicyclic) bond motifs is 1. The molecule has 3 N–H and O–H groups in total. The van der Waals surface area contributed by atoms with E-state index in [-0.39, 0.29) is 37.1 Å². The van der Waals surface area contributed by atoms with Crippen molar-refractivity contribution in [2.24, 2.45) is 0 Å². The minimum atomic E-state index is -0.903. The molecule has 2 aromatic carbocycles. The number of carbonyl (C=O) groups is 3. The van der Waals surface area contributed by atoms with Crippen LogP contribution in [0.2, 0.25) is 0 Å². The molecule has 8 heteroatoms. The lowest BCUT2D eigenvalue weighted by Gasteiger charge is -2.23. The van der Waals surface area contributed by atoms with Crippen molar-refractivity contribution in [3.05, 3.63) is 84.1 Å². The lowest BCUT2D eigenvalue weighted by Crippen LogP contribution is -2.40. The molecule has 0 saturated carbocycles. The van der Waals surface area contributed by atoms with Crippen LogP contribution in [0.25, 0.3) is 0 Å². The van der Waals surface area contributed by atoms with Crippen molar-refractivity contribution < 1.29 is 19.5 Å². The van der Waals surface area contributed by atoms with Gasteiger partial charge in [0.2, 0.25) is 11.8 Å². The van der Waals surface area contributed by atoms with E-state index in [0.717, 1.165) is 22.6 Å². The molecule has 1 aliphatic heterocycles. The lowest BCUT2D eigenvalue weighted by molar-refractivity contribution is -0.137. The highest BCUT2D eigenvalue weighted by Crippen LogP contribution is 2.36. The van der Waals surface area contributed by atoms with E-state index in [1.165, 1.54) is 4.90 Å². The Kier molecular flexibility index (Phi) is 7.17. The predicted octanol–water partition coefficient (Wildman–Crippen LogP) is 3.83. The van der Waals surface area contributed by atoms with Gasteiger partial charge in [0, 0.05) is 30.5 Å². The molecule has 2 amide bonds. The summed E-state index contributed by atoms with van der Waals surface area (Å²) < 4.78 is 0. The van der Waals surface area contributed by atoms with Gasteiger partial charge in [-0.2, -0.15) is 0 Å². The Morgan fingerprint density at radius 1 is 1.03 bits per heavy atom. The number of aliphatic carboxylic acids is 1. The second-order valence-corrected chi connectivity index (χ2v) is 8.19. The summed E-state index contributed by atoms with van der Waals surface area (Å²) in [6.45, 7) is 0.211. The van der Waals surface area contributed by atoms with E-state index >= 15 is 0 Å². The van der Waals surface area contributed by atoms with Crippen LogP contribution in [0.15, 0.2) is 72.9 Å². The first kappa shape index (κ1) is 23.0. The molecule has 174 valence electrons. The Hall–Kier alpha value is -4.20. The smallest absolute Gasteiger partial charge is 0.303 e. The van der Waals surface area contributed by atoms with Gasteiger partial charge in [0.1, 0.15) is 12.4 Å². The molecule has 1 aliphatic rings. The highest BCUT2D eigenvalue weighted by Gasteiger charge is 2.30. The number of hydrogen-bond acceptors (Lipinski definition) is 5. The molecule has 34 heavy (non-hydrogen) atoms. The molecule has 8 nitrogen and oxygen atoms in total. The molecule has 0 spiro atoms. The summed E-state index contributed by atoms with van der Waals surface area (Å²) in [5, 5.41) is 15.3. The minimum absolute atomic E-state index is 0.0461. The maximum absolute atomic E-state index is 12.8. The SMILES string of the molecule is O=C(O)CC1CCC(=O)N(CC(=O)NCc2ccc(Nc3ccccn3)cc2)c2ccccc21. The number of rotatable bonds is 8. The summed E-state index contributed by atoms with van der Waals surface area (Å²) in [4.78, 5) is 42.5. The fraction of sp³-hybridized carbons (Fsp3) is 0.231. The summed E-state index contributed by atoms with van der Waals surface area (Å²) in [6, 6.07) is 20.5. The zero-order valence-electron chi connectivity index (χ0n) is 18.6. The van der Waals surface area contributed by atoms with Crippen LogP contribution < -0.4 is 15.5 Å². The van der Waals surface area contributed by atoms with Crippen LogP contribution in [-0.4, -0.2) is 34.4 Å². The maximum Gasteiger partial charge on any atom is 0.303 e. The molecule has 0 saturated heterocycles. The largest absolute Gasteiger partial charge is 0.481 e. The lowest BCUT2D eigenvalue weighted by atomic mass is 9.91. The van der Waals surface area contributed by atoms with Gasteiger partial charge < -0.3 is 20.6 Å². The Morgan fingerprint density at radius 3 is 2.53 bits per heavy atom. The van der Waals surface area contributed by atoms with Crippen molar-refractivity contribution >= 4 is 35.0 Å². The van der Waals surface area contributed by atoms with E-state index in [1.54, 1.807) is 18.3 Å². The van der Waals surface area contributed by atoms with Crippen LogP contribution >= 0.6 is 0 Å². The molecular weight excluding hydrogens is 432 g/mol. The van der Waals surface area contributed by atoms with Crippen molar-refractivity contribution in [3.8, 4) is 0 Å². The number of pyridine rings is 1. The Balaban J connectivity index is 1.38. The number of carboxylic acid groups (broad SMARTS) is 1. The first-order valence-corrected chi connectivity index (χ1v) is 11.1. The summed E-state index contributed by atoms with van der Waals surface area (Å²) in [6.07, 6.45) is 2.31. The molecule has 0 aliphatic carbocycles. The van der Waals surface area contributed by atoms with Gasteiger partial charge in [-0.1, -0.05) is 36.4 Å². The van der Waals surface area contributed by atoms with Gasteiger partial charge in [-0.15, -0.1) is 0 Å². The molecular formula is C26H26N4O4. The molecule has 1 atom stereocenters. The number of aromatic nitrogens is 1. The van der Waals surface area contributed by atoms with Crippen LogP contribution in [-0.2, 0) is 20.9 Å². The molecule has 3 aromatic rings. The predicted molar refractivity (Wildman–Crippen MR) is 129 cm³/mol. The van der Waals surface area contributed by atoms with Gasteiger partial charge >= 0.3 is 5.97 Å². The Labute approximate surface area is 197 Å². The van der Waals surface area contributed by atoms with Crippen molar-refractivity contribution in [2.75, 3.05) is 16.8 Å². The fourth-order valence-electron chi connectivity index (χ4n) is 4.09. The first-order valence-electron chi connectivity index (χ1n) is 11.1. The topological polar surface area (TPSA) is 112 Å². The number of hydrogen-bond donors (Lipinski definition) is 3. The minimum Gasteiger partial charge on any atom is -0.481 e. The zero-order chi connectivity index (χ0) is 23.9. The van der Waals surface area contributed by atoms with Gasteiger partial charge in [0.25, 0.3) is 0 Å². The second-order valence-electron chi connectivity index (χ2n) is 8.19. The van der Waals surface area contributed by atoms with Gasteiger partial charge in [-0.25, -0.2) is 4.98 Å². The van der Waals surface area contributed by atoms with E-state index in [9.17, 15) is 19.5 Å². The highest BCUT2D eigenvalue weighted by molar-refractivity contribution is 6.00. The maximum atomic E-state index is 12.8. The van der Waals surface area contributed by atoms with Crippen LogP contribution in [0.3, 0.4) is 0 Å². The van der Waals surface area contributed by atoms with Crippen molar-refractivity contribution in [2.45, 2.75) is 31.7 Å². The number of benzene rings is 2. The molecule has 0 radical (unpaired) electrons. The molecule has 0 bridgehead atoms. The number of nitrogens with zero attached hydrogens (tertiary/aromatic N) is 2. The number of para-hydroxylation sites is 1. The highest BCUT2D eigenvalue weighted by atomic mass is 16.4. The number of amides is 2. The molecule has 1 aromatic heterocycles. The second kappa shape index (κ2) is 10.6. The van der Waals surface area contributed by atoms with Crippen LogP contribution in [0.1, 0.15) is 36.3 Å². The normalized spacial score (nSPS) is 15.2. The third-order valence-electron chi connectivity index (χ3n) is 5.78. The summed E-state index contributed by atoms with van der Waals surface area (Å²) in [7, 11) is 0. The van der Waals surface area contributed by atoms with Crippen molar-refractivity contribution in [1.29, 1.82) is 0 Å². The van der Waals surface area contributed by atoms with Crippen LogP contribution in [0.5, 0.6) is 0 Å². The van der Waals surface area contributed by atoms with Gasteiger partial charge in [-0.05, 0) is 53.8 Å². The van der Waals surface area contributed by atoms with E-state index in [4.69, 9.17) is 0 Å². The number of nitrogens with one attached hydrogen (secondary N) is 2. The van der Waals surface area contributed by atoms with E-state index in [1.807, 2.05) is 54.6 Å². The van der Waals surface area contributed by atoms with E-state index in [2.05, 4.69) is 15.6 Å². The standard InChI is InChI=1S/C26H26N4O4/c31-24(28-16-18-8-11-20(12-9-18)29-23-7-3-4-14-27-23)17-30-22-6-2-1-5-21(22)19(15-26(33)34)10-13-25(30)32/h1-9,11-12,14,19H,10,13,15-17H2,(H,27,29)(H,28,31)(H,33,34). The monoisotopic (exact) mass is 458 g/mol. The third kappa shape index (κ3) is 5.78. The van der Waals surface area contributed by atoms with Crippen LogP contribution in [0, 0.1) is 0 Å². The average Bonchev–Trinajstić information content (AvgIpc) is 2.96. The van der Waals surface area contributed by atoms with E-state index in [0.29, 0.717) is 18.7 Å².